The normalized spacial score (nSPS) is 22.6. The second-order valence-electron chi connectivity index (χ2n) is 5.11. The molecule has 3 heteroatoms. The molecule has 17 heavy (non-hydrogen) atoms. The molecule has 1 heterocycles. The molecule has 92 valence electrons. The number of hydrogen-bond donors (Lipinski definition) is 1. The molecule has 2 N–H and O–H groups in total. The third-order valence-corrected chi connectivity index (χ3v) is 5.28. The Balaban J connectivity index is 1.86. The molecule has 1 aromatic carbocycles. The smallest absolute Gasteiger partial charge is 0.123 e. The van der Waals surface area contributed by atoms with E-state index in [-0.39, 0.29) is 5.41 Å². The quantitative estimate of drug-likeness (QED) is 0.890. The minimum Gasteiger partial charge on any atom is -0.488 e. The van der Waals surface area contributed by atoms with Crippen LogP contribution in [0.15, 0.2) is 24.3 Å². The lowest BCUT2D eigenvalue weighted by Gasteiger charge is -2.42. The second-order valence-corrected chi connectivity index (χ2v) is 6.19. The van der Waals surface area contributed by atoms with Crippen molar-refractivity contribution in [3.63, 3.8) is 0 Å². The van der Waals surface area contributed by atoms with Crippen molar-refractivity contribution in [3.05, 3.63) is 29.8 Å². The van der Waals surface area contributed by atoms with Crippen molar-refractivity contribution in [3.8, 4) is 5.75 Å². The maximum absolute atomic E-state index is 6.09. The second kappa shape index (κ2) is 4.54. The number of rotatable bonds is 4. The third-order valence-electron chi connectivity index (χ3n) is 4.06. The minimum atomic E-state index is 0.202. The Labute approximate surface area is 107 Å². The summed E-state index contributed by atoms with van der Waals surface area (Å²) in [6.45, 7) is 0.743. The zero-order valence-electron chi connectivity index (χ0n) is 10.0. The maximum atomic E-state index is 6.09. The summed E-state index contributed by atoms with van der Waals surface area (Å²) in [6.07, 6.45) is 4.13. The minimum absolute atomic E-state index is 0.202. The monoisotopic (exact) mass is 249 g/mol. The Kier molecular flexibility index (Phi) is 3.05. The van der Waals surface area contributed by atoms with Crippen molar-refractivity contribution >= 4 is 11.8 Å². The van der Waals surface area contributed by atoms with Crippen molar-refractivity contribution in [2.24, 2.45) is 5.73 Å². The molecule has 2 nitrogen and oxygen atoms in total. The predicted octanol–water partition coefficient (Wildman–Crippen LogP) is 2.56. The Morgan fingerprint density at radius 3 is 2.59 bits per heavy atom. The van der Waals surface area contributed by atoms with Crippen molar-refractivity contribution in [2.75, 3.05) is 18.1 Å². The van der Waals surface area contributed by atoms with E-state index in [0.29, 0.717) is 6.10 Å². The van der Waals surface area contributed by atoms with Crippen LogP contribution in [0.2, 0.25) is 0 Å². The van der Waals surface area contributed by atoms with E-state index in [2.05, 4.69) is 24.3 Å². The maximum Gasteiger partial charge on any atom is 0.123 e. The van der Waals surface area contributed by atoms with Gasteiger partial charge in [-0.25, -0.2) is 0 Å². The molecular weight excluding hydrogens is 230 g/mol. The van der Waals surface area contributed by atoms with Crippen LogP contribution in [0, 0.1) is 0 Å². The molecule has 1 aliphatic carbocycles. The Hall–Kier alpha value is -0.670. The molecule has 0 bridgehead atoms. The molecule has 0 aromatic heterocycles. The van der Waals surface area contributed by atoms with E-state index in [1.807, 2.05) is 11.8 Å². The summed E-state index contributed by atoms with van der Waals surface area (Å²) in [5.74, 6) is 3.33. The van der Waals surface area contributed by atoms with E-state index in [0.717, 1.165) is 23.8 Å². The first-order valence-electron chi connectivity index (χ1n) is 6.38. The fourth-order valence-electron chi connectivity index (χ4n) is 2.66. The van der Waals surface area contributed by atoms with Gasteiger partial charge in [0.05, 0.1) is 0 Å². The summed E-state index contributed by atoms with van der Waals surface area (Å²) < 4.78 is 6.09. The molecule has 0 unspecified atom stereocenters. The van der Waals surface area contributed by atoms with Crippen LogP contribution in [0.25, 0.3) is 0 Å². The first-order chi connectivity index (χ1) is 8.34. The lowest BCUT2D eigenvalue weighted by Crippen LogP contribution is -2.42. The van der Waals surface area contributed by atoms with E-state index in [1.165, 1.54) is 24.8 Å². The van der Waals surface area contributed by atoms with Crippen LogP contribution in [0.1, 0.15) is 24.8 Å². The average Bonchev–Trinajstić information content (AvgIpc) is 2.24. The van der Waals surface area contributed by atoms with Crippen LogP contribution in [0.5, 0.6) is 5.75 Å². The highest BCUT2D eigenvalue weighted by Gasteiger charge is 2.39. The Morgan fingerprint density at radius 1 is 1.29 bits per heavy atom. The predicted molar refractivity (Wildman–Crippen MR) is 72.8 cm³/mol. The SMILES string of the molecule is NCC1(c2ccccc2OC2CSC2)CCC1. The van der Waals surface area contributed by atoms with Crippen LogP contribution in [-0.4, -0.2) is 24.2 Å². The van der Waals surface area contributed by atoms with E-state index < -0.39 is 0 Å². The zero-order chi connectivity index (χ0) is 11.7. The molecule has 1 saturated carbocycles. The van der Waals surface area contributed by atoms with Gasteiger partial charge < -0.3 is 10.5 Å². The van der Waals surface area contributed by atoms with E-state index >= 15 is 0 Å². The van der Waals surface area contributed by atoms with Crippen LogP contribution >= 0.6 is 11.8 Å². The largest absolute Gasteiger partial charge is 0.488 e. The van der Waals surface area contributed by atoms with Gasteiger partial charge in [0.25, 0.3) is 0 Å². The standard InChI is InChI=1S/C14H19NOS/c15-10-14(6-3-7-14)12-4-1-2-5-13(12)16-11-8-17-9-11/h1-2,4-5,11H,3,6-10,15H2. The Bertz CT molecular complexity index is 393. The van der Waals surface area contributed by atoms with Gasteiger partial charge in [-0.05, 0) is 18.9 Å². The lowest BCUT2D eigenvalue weighted by molar-refractivity contribution is 0.209. The molecule has 2 aliphatic rings. The molecule has 0 atom stereocenters. The molecule has 3 rings (SSSR count). The van der Waals surface area contributed by atoms with Gasteiger partial charge in [-0.15, -0.1) is 0 Å². The van der Waals surface area contributed by atoms with Crippen molar-refractivity contribution < 1.29 is 4.74 Å². The summed E-state index contributed by atoms with van der Waals surface area (Å²) in [5.41, 5.74) is 7.53. The van der Waals surface area contributed by atoms with Gasteiger partial charge in [0.1, 0.15) is 11.9 Å². The average molecular weight is 249 g/mol. The molecular formula is C14H19NOS. The van der Waals surface area contributed by atoms with Gasteiger partial charge in [-0.1, -0.05) is 24.6 Å². The summed E-state index contributed by atoms with van der Waals surface area (Å²) in [7, 11) is 0. The summed E-state index contributed by atoms with van der Waals surface area (Å²) in [4.78, 5) is 0. The van der Waals surface area contributed by atoms with Crippen molar-refractivity contribution in [1.29, 1.82) is 0 Å². The van der Waals surface area contributed by atoms with Crippen LogP contribution < -0.4 is 10.5 Å². The first kappa shape index (κ1) is 11.4. The Morgan fingerprint density at radius 2 is 2.06 bits per heavy atom. The van der Waals surface area contributed by atoms with Crippen LogP contribution in [-0.2, 0) is 5.41 Å². The molecule has 1 aromatic rings. The molecule has 0 spiro atoms. The fraction of sp³-hybridized carbons (Fsp3) is 0.571. The summed E-state index contributed by atoms with van der Waals surface area (Å²) >= 11 is 1.95. The van der Waals surface area contributed by atoms with Crippen LogP contribution in [0.3, 0.4) is 0 Å². The number of nitrogens with two attached hydrogens (primary N) is 1. The van der Waals surface area contributed by atoms with Crippen molar-refractivity contribution in [1.82, 2.24) is 0 Å². The van der Waals surface area contributed by atoms with Crippen molar-refractivity contribution in [2.45, 2.75) is 30.8 Å². The first-order valence-corrected chi connectivity index (χ1v) is 7.53. The number of para-hydroxylation sites is 1. The molecule has 1 aliphatic heterocycles. The molecule has 2 fully saturated rings. The number of benzene rings is 1. The molecule has 0 radical (unpaired) electrons. The number of ether oxygens (including phenoxy) is 1. The van der Waals surface area contributed by atoms with E-state index in [9.17, 15) is 0 Å². The van der Waals surface area contributed by atoms with Gasteiger partial charge in [0.15, 0.2) is 0 Å². The third kappa shape index (κ3) is 1.95. The topological polar surface area (TPSA) is 35.2 Å². The summed E-state index contributed by atoms with van der Waals surface area (Å²) in [5, 5.41) is 0. The van der Waals surface area contributed by atoms with Gasteiger partial charge in [0, 0.05) is 29.0 Å². The van der Waals surface area contributed by atoms with Crippen LogP contribution in [0.4, 0.5) is 0 Å². The van der Waals surface area contributed by atoms with Gasteiger partial charge in [-0.3, -0.25) is 0 Å². The fourth-order valence-corrected chi connectivity index (χ4v) is 3.22. The molecule has 1 saturated heterocycles. The number of thioether (sulfide) groups is 1. The highest BCUT2D eigenvalue weighted by Crippen LogP contribution is 2.46. The lowest BCUT2D eigenvalue weighted by atomic mass is 9.64. The zero-order valence-corrected chi connectivity index (χ0v) is 10.8. The van der Waals surface area contributed by atoms with Gasteiger partial charge in [-0.2, -0.15) is 11.8 Å². The van der Waals surface area contributed by atoms with Gasteiger partial charge in [0.2, 0.25) is 0 Å². The summed E-state index contributed by atoms with van der Waals surface area (Å²) in [6, 6.07) is 8.47. The number of hydrogen-bond acceptors (Lipinski definition) is 3. The van der Waals surface area contributed by atoms with E-state index in [1.54, 1.807) is 0 Å². The highest BCUT2D eigenvalue weighted by molar-refractivity contribution is 8.00. The van der Waals surface area contributed by atoms with E-state index in [4.69, 9.17) is 10.5 Å². The van der Waals surface area contributed by atoms with Gasteiger partial charge >= 0.3 is 0 Å². The highest BCUT2D eigenvalue weighted by atomic mass is 32.2. The molecule has 0 amide bonds.